The van der Waals surface area contributed by atoms with Gasteiger partial charge in [0.05, 0.1) is 23.5 Å². The lowest BCUT2D eigenvalue weighted by Gasteiger charge is -2.31. The smallest absolute Gasteiger partial charge is 0.165 e. The molecular formula is C27H30FN5O2. The molecule has 0 aliphatic carbocycles. The van der Waals surface area contributed by atoms with Crippen molar-refractivity contribution in [3.63, 3.8) is 0 Å². The van der Waals surface area contributed by atoms with E-state index < -0.39 is 5.82 Å². The van der Waals surface area contributed by atoms with Crippen LogP contribution in [0.5, 0.6) is 5.75 Å². The van der Waals surface area contributed by atoms with Crippen molar-refractivity contribution in [1.29, 1.82) is 0 Å². The molecule has 0 radical (unpaired) electrons. The Morgan fingerprint density at radius 1 is 1.26 bits per heavy atom. The third kappa shape index (κ3) is 4.21. The summed E-state index contributed by atoms with van der Waals surface area (Å²) >= 11 is 0. The van der Waals surface area contributed by atoms with Crippen LogP contribution in [0, 0.1) is 11.7 Å². The normalized spacial score (nSPS) is 18.7. The SMILES string of the molecule is CCc1cc(O)c(F)cc1-c1ccc2c(-c3nc4c([nH]3)CN(C[C@H]3CCCOC3)CC4)n[nH]c2c1. The highest BCUT2D eigenvalue weighted by Gasteiger charge is 2.25. The number of aryl methyl sites for hydroxylation is 1. The lowest BCUT2D eigenvalue weighted by atomic mass is 9.96. The molecule has 1 atom stereocenters. The van der Waals surface area contributed by atoms with Gasteiger partial charge < -0.3 is 14.8 Å². The van der Waals surface area contributed by atoms with Crippen LogP contribution >= 0.6 is 0 Å². The highest BCUT2D eigenvalue weighted by Crippen LogP contribution is 2.34. The molecule has 6 rings (SSSR count). The van der Waals surface area contributed by atoms with Crippen LogP contribution in [0.15, 0.2) is 30.3 Å². The Labute approximate surface area is 203 Å². The molecule has 182 valence electrons. The van der Waals surface area contributed by atoms with Crippen LogP contribution in [0.25, 0.3) is 33.5 Å². The molecule has 1 fully saturated rings. The summed E-state index contributed by atoms with van der Waals surface area (Å²) < 4.78 is 19.8. The zero-order valence-corrected chi connectivity index (χ0v) is 19.9. The van der Waals surface area contributed by atoms with E-state index in [1.165, 1.54) is 24.2 Å². The number of aromatic nitrogens is 4. The van der Waals surface area contributed by atoms with Gasteiger partial charge in [-0.1, -0.05) is 13.0 Å². The number of imidazole rings is 1. The third-order valence-corrected chi connectivity index (χ3v) is 7.33. The molecule has 2 aromatic carbocycles. The fourth-order valence-electron chi connectivity index (χ4n) is 5.47. The van der Waals surface area contributed by atoms with Gasteiger partial charge in [-0.25, -0.2) is 9.37 Å². The molecule has 8 heteroatoms. The summed E-state index contributed by atoms with van der Waals surface area (Å²) in [6, 6.07) is 8.87. The van der Waals surface area contributed by atoms with Crippen LogP contribution in [-0.4, -0.2) is 56.5 Å². The van der Waals surface area contributed by atoms with E-state index in [-0.39, 0.29) is 5.75 Å². The summed E-state index contributed by atoms with van der Waals surface area (Å²) in [4.78, 5) is 10.9. The van der Waals surface area contributed by atoms with Crippen molar-refractivity contribution in [2.45, 2.75) is 39.2 Å². The largest absolute Gasteiger partial charge is 0.505 e. The fraction of sp³-hybridized carbons (Fsp3) is 0.407. The average Bonchev–Trinajstić information content (AvgIpc) is 3.49. The second kappa shape index (κ2) is 9.09. The molecule has 4 aromatic rings. The number of nitrogens with one attached hydrogen (secondary N) is 2. The van der Waals surface area contributed by atoms with Gasteiger partial charge >= 0.3 is 0 Å². The number of halogens is 1. The van der Waals surface area contributed by atoms with Crippen LogP contribution in [0.4, 0.5) is 4.39 Å². The molecule has 35 heavy (non-hydrogen) atoms. The quantitative estimate of drug-likeness (QED) is 0.385. The molecule has 1 saturated heterocycles. The molecule has 2 aliphatic heterocycles. The Hall–Kier alpha value is -3.23. The Balaban J connectivity index is 1.26. The molecule has 0 bridgehead atoms. The molecule has 0 unspecified atom stereocenters. The number of aromatic amines is 2. The first-order chi connectivity index (χ1) is 17.1. The number of phenolic OH excluding ortho intramolecular Hbond substituents is 1. The van der Waals surface area contributed by atoms with E-state index in [4.69, 9.17) is 9.72 Å². The summed E-state index contributed by atoms with van der Waals surface area (Å²) in [5.41, 5.74) is 6.49. The molecule has 2 aliphatic rings. The number of aromatic hydroxyl groups is 1. The summed E-state index contributed by atoms with van der Waals surface area (Å²) in [5.74, 6) is 0.464. The summed E-state index contributed by atoms with van der Waals surface area (Å²) in [7, 11) is 0. The van der Waals surface area contributed by atoms with Crippen molar-refractivity contribution in [3.8, 4) is 28.4 Å². The molecule has 3 N–H and O–H groups in total. The van der Waals surface area contributed by atoms with Gasteiger partial charge in [-0.15, -0.1) is 0 Å². The maximum absolute atomic E-state index is 14.1. The van der Waals surface area contributed by atoms with Crippen molar-refractivity contribution >= 4 is 10.9 Å². The minimum Gasteiger partial charge on any atom is -0.505 e. The lowest BCUT2D eigenvalue weighted by molar-refractivity contribution is 0.0361. The number of hydrogen-bond donors (Lipinski definition) is 3. The number of rotatable bonds is 5. The minimum atomic E-state index is -0.617. The van der Waals surface area contributed by atoms with E-state index in [0.29, 0.717) is 12.3 Å². The van der Waals surface area contributed by atoms with Crippen LogP contribution in [0.1, 0.15) is 36.7 Å². The molecule has 7 nitrogen and oxygen atoms in total. The van der Waals surface area contributed by atoms with Crippen molar-refractivity contribution in [2.24, 2.45) is 5.92 Å². The van der Waals surface area contributed by atoms with E-state index in [1.807, 2.05) is 25.1 Å². The Morgan fingerprint density at radius 2 is 2.17 bits per heavy atom. The monoisotopic (exact) mass is 475 g/mol. The zero-order chi connectivity index (χ0) is 23.9. The van der Waals surface area contributed by atoms with E-state index >= 15 is 0 Å². The third-order valence-electron chi connectivity index (χ3n) is 7.33. The topological polar surface area (TPSA) is 90.1 Å². The van der Waals surface area contributed by atoms with Gasteiger partial charge in [0.2, 0.25) is 0 Å². The minimum absolute atomic E-state index is 0.317. The number of benzene rings is 2. The Bertz CT molecular complexity index is 1370. The van der Waals surface area contributed by atoms with Gasteiger partial charge in [0, 0.05) is 38.0 Å². The van der Waals surface area contributed by atoms with Crippen LogP contribution in [0.2, 0.25) is 0 Å². The van der Waals surface area contributed by atoms with Crippen LogP contribution in [0.3, 0.4) is 0 Å². The first-order valence-corrected chi connectivity index (χ1v) is 12.5. The number of H-pyrrole nitrogens is 2. The van der Waals surface area contributed by atoms with Crippen molar-refractivity contribution in [3.05, 3.63) is 53.1 Å². The average molecular weight is 476 g/mol. The van der Waals surface area contributed by atoms with Crippen molar-refractivity contribution in [2.75, 3.05) is 26.3 Å². The molecule has 4 heterocycles. The summed E-state index contributed by atoms with van der Waals surface area (Å²) in [6.07, 6.45) is 4.03. The van der Waals surface area contributed by atoms with Gasteiger partial charge in [0.1, 0.15) is 5.69 Å². The lowest BCUT2D eigenvalue weighted by Crippen LogP contribution is -2.37. The van der Waals surface area contributed by atoms with Gasteiger partial charge in [-0.05, 0) is 66.1 Å². The van der Waals surface area contributed by atoms with E-state index in [1.54, 1.807) is 0 Å². The van der Waals surface area contributed by atoms with Crippen LogP contribution in [-0.2, 0) is 24.1 Å². The molecule has 0 saturated carbocycles. The number of phenols is 1. The molecule has 0 spiro atoms. The predicted molar refractivity (Wildman–Crippen MR) is 133 cm³/mol. The van der Waals surface area contributed by atoms with Gasteiger partial charge in [-0.2, -0.15) is 5.10 Å². The fourth-order valence-corrected chi connectivity index (χ4v) is 5.47. The number of hydrogen-bond acceptors (Lipinski definition) is 5. The van der Waals surface area contributed by atoms with Gasteiger partial charge in [0.25, 0.3) is 0 Å². The highest BCUT2D eigenvalue weighted by atomic mass is 19.1. The van der Waals surface area contributed by atoms with Crippen molar-refractivity contribution < 1.29 is 14.2 Å². The van der Waals surface area contributed by atoms with E-state index in [9.17, 15) is 9.50 Å². The number of fused-ring (bicyclic) bond motifs is 2. The molecule has 2 aromatic heterocycles. The first-order valence-electron chi connectivity index (χ1n) is 12.5. The Kier molecular flexibility index (Phi) is 5.78. The first kappa shape index (κ1) is 22.2. The summed E-state index contributed by atoms with van der Waals surface area (Å²) in [5, 5.41) is 18.4. The second-order valence-electron chi connectivity index (χ2n) is 9.73. The predicted octanol–water partition coefficient (Wildman–Crippen LogP) is 4.81. The van der Waals surface area contributed by atoms with Crippen molar-refractivity contribution in [1.82, 2.24) is 25.1 Å². The van der Waals surface area contributed by atoms with Gasteiger partial charge in [0.15, 0.2) is 17.4 Å². The number of ether oxygens (including phenoxy) is 1. The van der Waals surface area contributed by atoms with Crippen LogP contribution < -0.4 is 0 Å². The molecular weight excluding hydrogens is 445 g/mol. The maximum atomic E-state index is 14.1. The van der Waals surface area contributed by atoms with E-state index in [0.717, 1.165) is 90.5 Å². The number of nitrogens with zero attached hydrogens (tertiary/aromatic N) is 3. The molecule has 0 amide bonds. The highest BCUT2D eigenvalue weighted by molar-refractivity contribution is 5.94. The second-order valence-corrected chi connectivity index (χ2v) is 9.73. The van der Waals surface area contributed by atoms with E-state index in [2.05, 4.69) is 20.1 Å². The standard InChI is InChI=1S/C27H30FN5O2/c1-2-17-11-25(34)21(28)12-20(17)18-5-6-19-23(10-18)31-32-26(19)27-29-22-7-8-33(14-24(22)30-27)13-16-4-3-9-35-15-16/h5-6,10-12,16,34H,2-4,7-9,13-15H2,1H3,(H,29,30)(H,31,32)/t16-/m1/s1. The Morgan fingerprint density at radius 3 is 3.00 bits per heavy atom. The van der Waals surface area contributed by atoms with Gasteiger partial charge in [-0.3, -0.25) is 10.00 Å². The maximum Gasteiger partial charge on any atom is 0.165 e. The zero-order valence-electron chi connectivity index (χ0n) is 19.9. The summed E-state index contributed by atoms with van der Waals surface area (Å²) in [6.45, 7) is 6.72.